The van der Waals surface area contributed by atoms with Gasteiger partial charge in [0.1, 0.15) is 10.8 Å². The lowest BCUT2D eigenvalue weighted by Crippen LogP contribution is -1.98. The Bertz CT molecular complexity index is 991. The first kappa shape index (κ1) is 14.4. The predicted molar refractivity (Wildman–Crippen MR) is 98.9 cm³/mol. The second kappa shape index (κ2) is 5.76. The standard InChI is InChI=1S/C18H15N3S2/c1-12-10-23-18(19-12)14(9-13-7-8-22-11-13)17-20-15-5-3-4-6-16(15)21(17)2/h3-11H,1-2H3. The van der Waals surface area contributed by atoms with Crippen molar-refractivity contribution in [2.45, 2.75) is 6.92 Å². The molecule has 23 heavy (non-hydrogen) atoms. The zero-order valence-electron chi connectivity index (χ0n) is 12.9. The van der Waals surface area contributed by atoms with Crippen molar-refractivity contribution in [3.8, 4) is 0 Å². The monoisotopic (exact) mass is 337 g/mol. The van der Waals surface area contributed by atoms with E-state index in [9.17, 15) is 0 Å². The lowest BCUT2D eigenvalue weighted by atomic mass is 10.2. The third-order valence-electron chi connectivity index (χ3n) is 3.73. The first-order valence-electron chi connectivity index (χ1n) is 7.30. The van der Waals surface area contributed by atoms with Crippen molar-refractivity contribution < 1.29 is 0 Å². The van der Waals surface area contributed by atoms with E-state index >= 15 is 0 Å². The summed E-state index contributed by atoms with van der Waals surface area (Å²) in [6, 6.07) is 10.3. The fraction of sp³-hybridized carbons (Fsp3) is 0.111. The Balaban J connectivity index is 1.95. The molecular weight excluding hydrogens is 322 g/mol. The zero-order valence-corrected chi connectivity index (χ0v) is 14.5. The number of para-hydroxylation sites is 2. The van der Waals surface area contributed by atoms with E-state index in [1.165, 1.54) is 5.56 Å². The van der Waals surface area contributed by atoms with Crippen LogP contribution in [0.3, 0.4) is 0 Å². The van der Waals surface area contributed by atoms with E-state index in [0.717, 1.165) is 33.1 Å². The summed E-state index contributed by atoms with van der Waals surface area (Å²) in [6.45, 7) is 2.02. The van der Waals surface area contributed by atoms with Gasteiger partial charge in [0.15, 0.2) is 0 Å². The molecule has 0 spiro atoms. The molecule has 3 nitrogen and oxygen atoms in total. The lowest BCUT2D eigenvalue weighted by Gasteiger charge is -2.05. The number of fused-ring (bicyclic) bond motifs is 1. The summed E-state index contributed by atoms with van der Waals surface area (Å²) in [7, 11) is 2.06. The Hall–Kier alpha value is -2.24. The average molecular weight is 337 g/mol. The molecule has 3 heterocycles. The quantitative estimate of drug-likeness (QED) is 0.527. The maximum atomic E-state index is 4.84. The average Bonchev–Trinajstić information content (AvgIpc) is 3.27. The van der Waals surface area contributed by atoms with Crippen LogP contribution >= 0.6 is 22.7 Å². The smallest absolute Gasteiger partial charge is 0.143 e. The van der Waals surface area contributed by atoms with Gasteiger partial charge in [0.25, 0.3) is 0 Å². The summed E-state index contributed by atoms with van der Waals surface area (Å²) in [5.41, 5.74) is 5.44. The highest BCUT2D eigenvalue weighted by Crippen LogP contribution is 2.30. The van der Waals surface area contributed by atoms with E-state index in [2.05, 4.69) is 50.9 Å². The molecule has 0 fully saturated rings. The molecule has 0 aliphatic rings. The Morgan fingerprint density at radius 3 is 2.70 bits per heavy atom. The van der Waals surface area contributed by atoms with Gasteiger partial charge < -0.3 is 4.57 Å². The van der Waals surface area contributed by atoms with Crippen LogP contribution in [-0.2, 0) is 7.05 Å². The van der Waals surface area contributed by atoms with Crippen LogP contribution in [0.5, 0.6) is 0 Å². The molecule has 0 saturated heterocycles. The van der Waals surface area contributed by atoms with Crippen molar-refractivity contribution in [1.29, 1.82) is 0 Å². The highest BCUT2D eigenvalue weighted by atomic mass is 32.1. The molecule has 0 aliphatic heterocycles. The highest BCUT2D eigenvalue weighted by Gasteiger charge is 2.16. The summed E-state index contributed by atoms with van der Waals surface area (Å²) in [6.07, 6.45) is 2.18. The van der Waals surface area contributed by atoms with E-state index in [-0.39, 0.29) is 0 Å². The Labute approximate surface area is 142 Å². The van der Waals surface area contributed by atoms with Crippen molar-refractivity contribution in [3.63, 3.8) is 0 Å². The molecule has 4 rings (SSSR count). The number of hydrogen-bond acceptors (Lipinski definition) is 4. The second-order valence-electron chi connectivity index (χ2n) is 5.39. The number of aryl methyl sites for hydroxylation is 2. The van der Waals surface area contributed by atoms with E-state index in [1.807, 2.05) is 25.1 Å². The van der Waals surface area contributed by atoms with Crippen molar-refractivity contribution in [2.75, 3.05) is 0 Å². The van der Waals surface area contributed by atoms with Gasteiger partial charge in [0.05, 0.1) is 16.6 Å². The molecule has 0 atom stereocenters. The molecule has 0 unspecified atom stereocenters. The normalized spacial score (nSPS) is 12.2. The molecule has 0 N–H and O–H groups in total. The van der Waals surface area contributed by atoms with E-state index in [0.29, 0.717) is 0 Å². The van der Waals surface area contributed by atoms with Gasteiger partial charge in [-0.2, -0.15) is 11.3 Å². The van der Waals surface area contributed by atoms with Crippen LogP contribution in [0.2, 0.25) is 0 Å². The lowest BCUT2D eigenvalue weighted by molar-refractivity contribution is 0.922. The number of hydrogen-bond donors (Lipinski definition) is 0. The molecule has 0 saturated carbocycles. The van der Waals surface area contributed by atoms with Gasteiger partial charge in [-0.15, -0.1) is 11.3 Å². The van der Waals surface area contributed by atoms with Gasteiger partial charge in [0.2, 0.25) is 0 Å². The number of aromatic nitrogens is 3. The molecule has 3 aromatic heterocycles. The number of benzene rings is 1. The number of imidazole rings is 1. The summed E-state index contributed by atoms with van der Waals surface area (Å²) < 4.78 is 2.14. The second-order valence-corrected chi connectivity index (χ2v) is 7.03. The van der Waals surface area contributed by atoms with Crippen LogP contribution in [0.4, 0.5) is 0 Å². The molecule has 114 valence electrons. The minimum Gasteiger partial charge on any atom is -0.327 e. The Morgan fingerprint density at radius 2 is 2.00 bits per heavy atom. The SMILES string of the molecule is Cc1csc(C(=Cc2ccsc2)c2nc3ccccc3n2C)n1. The minimum atomic E-state index is 0.951. The third kappa shape index (κ3) is 2.62. The van der Waals surface area contributed by atoms with E-state index in [1.54, 1.807) is 22.7 Å². The first-order chi connectivity index (χ1) is 11.2. The molecule has 4 aromatic rings. The first-order valence-corrected chi connectivity index (χ1v) is 9.13. The number of thiophene rings is 1. The molecular formula is C18H15N3S2. The summed E-state index contributed by atoms with van der Waals surface area (Å²) >= 11 is 3.36. The number of rotatable bonds is 3. The van der Waals surface area contributed by atoms with Crippen LogP contribution in [0.15, 0.2) is 46.5 Å². The van der Waals surface area contributed by atoms with Crippen LogP contribution < -0.4 is 0 Å². The van der Waals surface area contributed by atoms with Crippen LogP contribution in [0, 0.1) is 6.92 Å². The summed E-state index contributed by atoms with van der Waals surface area (Å²) in [4.78, 5) is 9.52. The molecule has 0 amide bonds. The van der Waals surface area contributed by atoms with Gasteiger partial charge in [-0.3, -0.25) is 0 Å². The fourth-order valence-electron chi connectivity index (χ4n) is 2.61. The molecule has 5 heteroatoms. The van der Waals surface area contributed by atoms with Crippen molar-refractivity contribution >= 4 is 45.4 Å². The number of thiazole rings is 1. The van der Waals surface area contributed by atoms with Crippen molar-refractivity contribution in [1.82, 2.24) is 14.5 Å². The van der Waals surface area contributed by atoms with Gasteiger partial charge >= 0.3 is 0 Å². The van der Waals surface area contributed by atoms with Crippen LogP contribution in [-0.4, -0.2) is 14.5 Å². The highest BCUT2D eigenvalue weighted by molar-refractivity contribution is 7.11. The fourth-order valence-corrected chi connectivity index (χ4v) is 4.04. The molecule has 0 bridgehead atoms. The van der Waals surface area contributed by atoms with Gasteiger partial charge in [-0.1, -0.05) is 12.1 Å². The van der Waals surface area contributed by atoms with Crippen molar-refractivity contribution in [2.24, 2.45) is 7.05 Å². The van der Waals surface area contributed by atoms with Gasteiger partial charge in [-0.05, 0) is 47.5 Å². The third-order valence-corrected chi connectivity index (χ3v) is 5.43. The van der Waals surface area contributed by atoms with Crippen LogP contribution in [0.25, 0.3) is 22.7 Å². The predicted octanol–water partition coefficient (Wildman–Crippen LogP) is 4.99. The Kier molecular flexibility index (Phi) is 3.59. The molecule has 0 radical (unpaired) electrons. The zero-order chi connectivity index (χ0) is 15.8. The molecule has 1 aromatic carbocycles. The van der Waals surface area contributed by atoms with Crippen molar-refractivity contribution in [3.05, 3.63) is 68.6 Å². The topological polar surface area (TPSA) is 30.7 Å². The number of nitrogens with zero attached hydrogens (tertiary/aromatic N) is 3. The van der Waals surface area contributed by atoms with E-state index in [4.69, 9.17) is 4.98 Å². The maximum absolute atomic E-state index is 4.84. The van der Waals surface area contributed by atoms with E-state index < -0.39 is 0 Å². The largest absolute Gasteiger partial charge is 0.327 e. The molecule has 0 aliphatic carbocycles. The summed E-state index contributed by atoms with van der Waals surface area (Å²) in [5.74, 6) is 0.951. The van der Waals surface area contributed by atoms with Gasteiger partial charge in [-0.25, -0.2) is 9.97 Å². The van der Waals surface area contributed by atoms with Gasteiger partial charge in [0, 0.05) is 18.1 Å². The summed E-state index contributed by atoms with van der Waals surface area (Å²) in [5, 5.41) is 7.32. The minimum absolute atomic E-state index is 0.951. The van der Waals surface area contributed by atoms with Crippen LogP contribution in [0.1, 0.15) is 22.1 Å². The Morgan fingerprint density at radius 1 is 1.13 bits per heavy atom. The maximum Gasteiger partial charge on any atom is 0.143 e.